The molecule has 2 aromatic carbocycles. The Balaban J connectivity index is 1.63. The minimum atomic E-state index is -0.125. The first kappa shape index (κ1) is 17.6. The largest absolute Gasteiger partial charge is 0.378 e. The van der Waals surface area contributed by atoms with Gasteiger partial charge in [-0.2, -0.15) is 0 Å². The maximum Gasteiger partial charge on any atom is 0.322 e. The highest BCUT2D eigenvalue weighted by Crippen LogP contribution is 2.25. The molecule has 0 aromatic heterocycles. The maximum atomic E-state index is 12.5. The number of urea groups is 1. The molecule has 0 bridgehead atoms. The molecule has 6 heteroatoms. The number of morpholine rings is 1. The van der Waals surface area contributed by atoms with Gasteiger partial charge in [-0.25, -0.2) is 4.79 Å². The molecule has 5 nitrogen and oxygen atoms in total. The van der Waals surface area contributed by atoms with Crippen LogP contribution in [0.1, 0.15) is 11.7 Å². The third kappa shape index (κ3) is 4.44. The molecule has 2 amide bonds. The van der Waals surface area contributed by atoms with Crippen LogP contribution in [0.5, 0.6) is 0 Å². The predicted molar refractivity (Wildman–Crippen MR) is 102 cm³/mol. The van der Waals surface area contributed by atoms with Crippen LogP contribution in [-0.4, -0.2) is 44.7 Å². The summed E-state index contributed by atoms with van der Waals surface area (Å²) in [6, 6.07) is 15.2. The molecule has 1 atom stereocenters. The van der Waals surface area contributed by atoms with Crippen LogP contribution in [0.2, 0.25) is 5.02 Å². The fourth-order valence-corrected chi connectivity index (χ4v) is 2.88. The van der Waals surface area contributed by atoms with Crippen LogP contribution in [0, 0.1) is 0 Å². The summed E-state index contributed by atoms with van der Waals surface area (Å²) in [5.74, 6) is 0. The Morgan fingerprint density at radius 2 is 1.84 bits per heavy atom. The zero-order valence-corrected chi connectivity index (χ0v) is 15.2. The van der Waals surface area contributed by atoms with Gasteiger partial charge in [-0.1, -0.05) is 23.7 Å². The third-order valence-electron chi connectivity index (χ3n) is 4.23. The zero-order chi connectivity index (χ0) is 17.8. The molecular weight excluding hydrogens is 338 g/mol. The average molecular weight is 360 g/mol. The number of rotatable bonds is 3. The second kappa shape index (κ2) is 7.76. The maximum absolute atomic E-state index is 12.5. The Morgan fingerprint density at radius 3 is 2.48 bits per heavy atom. The normalized spacial score (nSPS) is 17.2. The first-order valence-corrected chi connectivity index (χ1v) is 8.61. The number of ether oxygens (including phenoxy) is 1. The lowest BCUT2D eigenvalue weighted by Crippen LogP contribution is -2.44. The lowest BCUT2D eigenvalue weighted by atomic mass is 10.1. The number of benzene rings is 2. The molecule has 1 aliphatic rings. The van der Waals surface area contributed by atoms with Gasteiger partial charge >= 0.3 is 6.03 Å². The average Bonchev–Trinajstić information content (AvgIpc) is 2.64. The highest BCUT2D eigenvalue weighted by Gasteiger charge is 2.25. The molecule has 132 valence electrons. The number of hydrogen-bond acceptors (Lipinski definition) is 3. The number of nitrogens with zero attached hydrogens (tertiary/aromatic N) is 2. The van der Waals surface area contributed by atoms with Gasteiger partial charge in [0.05, 0.1) is 13.2 Å². The SMILES string of the molecule is CN(C)c1ccc(C2CN(C(=O)Nc3ccc(Cl)cc3)CCO2)cc1. The first-order chi connectivity index (χ1) is 12.0. The van der Waals surface area contributed by atoms with Crippen molar-refractivity contribution in [2.45, 2.75) is 6.10 Å². The van der Waals surface area contributed by atoms with Gasteiger partial charge < -0.3 is 19.9 Å². The van der Waals surface area contributed by atoms with Crippen LogP contribution in [0.15, 0.2) is 48.5 Å². The Morgan fingerprint density at radius 1 is 1.16 bits per heavy atom. The minimum Gasteiger partial charge on any atom is -0.378 e. The van der Waals surface area contributed by atoms with E-state index >= 15 is 0 Å². The van der Waals surface area contributed by atoms with Crippen molar-refractivity contribution in [3.63, 3.8) is 0 Å². The topological polar surface area (TPSA) is 44.8 Å². The quantitative estimate of drug-likeness (QED) is 0.900. The third-order valence-corrected chi connectivity index (χ3v) is 4.48. The molecule has 25 heavy (non-hydrogen) atoms. The number of carbonyl (C=O) groups is 1. The van der Waals surface area contributed by atoms with Crippen molar-refractivity contribution in [2.24, 2.45) is 0 Å². The van der Waals surface area contributed by atoms with Gasteiger partial charge in [0.1, 0.15) is 6.10 Å². The number of nitrogens with one attached hydrogen (secondary N) is 1. The predicted octanol–water partition coefficient (Wildman–Crippen LogP) is 4.01. The molecule has 0 spiro atoms. The second-order valence-electron chi connectivity index (χ2n) is 6.23. The number of carbonyl (C=O) groups excluding carboxylic acids is 1. The molecule has 1 N–H and O–H groups in total. The highest BCUT2D eigenvalue weighted by molar-refractivity contribution is 6.30. The van der Waals surface area contributed by atoms with Crippen molar-refractivity contribution in [3.05, 3.63) is 59.1 Å². The zero-order valence-electron chi connectivity index (χ0n) is 14.4. The van der Waals surface area contributed by atoms with Gasteiger partial charge in [0.15, 0.2) is 0 Å². The number of anilines is 2. The van der Waals surface area contributed by atoms with Crippen LogP contribution in [0.25, 0.3) is 0 Å². The fourth-order valence-electron chi connectivity index (χ4n) is 2.76. The van der Waals surface area contributed by atoms with Crippen LogP contribution in [0.3, 0.4) is 0 Å². The molecule has 0 radical (unpaired) electrons. The molecule has 1 heterocycles. The summed E-state index contributed by atoms with van der Waals surface area (Å²) in [5, 5.41) is 3.55. The van der Waals surface area contributed by atoms with Gasteiger partial charge in [0.25, 0.3) is 0 Å². The van der Waals surface area contributed by atoms with Gasteiger partial charge in [-0.15, -0.1) is 0 Å². The van der Waals surface area contributed by atoms with Crippen LogP contribution < -0.4 is 10.2 Å². The standard InChI is InChI=1S/C19H22ClN3O2/c1-22(2)17-9-3-14(4-10-17)18-13-23(11-12-25-18)19(24)21-16-7-5-15(20)6-8-16/h3-10,18H,11-13H2,1-2H3,(H,21,24). The highest BCUT2D eigenvalue weighted by atomic mass is 35.5. The van der Waals surface area contributed by atoms with Crippen LogP contribution in [0.4, 0.5) is 16.2 Å². The van der Waals surface area contributed by atoms with Gasteiger partial charge in [-0.05, 0) is 42.0 Å². The van der Waals surface area contributed by atoms with E-state index in [1.807, 2.05) is 14.1 Å². The van der Waals surface area contributed by atoms with Crippen molar-refractivity contribution in [3.8, 4) is 0 Å². The van der Waals surface area contributed by atoms with E-state index in [0.29, 0.717) is 24.7 Å². The van der Waals surface area contributed by atoms with E-state index in [4.69, 9.17) is 16.3 Å². The second-order valence-corrected chi connectivity index (χ2v) is 6.66. The Labute approximate surface area is 153 Å². The smallest absolute Gasteiger partial charge is 0.322 e. The summed E-state index contributed by atoms with van der Waals surface area (Å²) in [7, 11) is 4.02. The van der Waals surface area contributed by atoms with Gasteiger partial charge in [0.2, 0.25) is 0 Å². The molecule has 0 aliphatic carbocycles. The van der Waals surface area contributed by atoms with E-state index < -0.39 is 0 Å². The summed E-state index contributed by atoms with van der Waals surface area (Å²) >= 11 is 5.87. The van der Waals surface area contributed by atoms with E-state index in [9.17, 15) is 4.79 Å². The van der Waals surface area contributed by atoms with E-state index in [-0.39, 0.29) is 12.1 Å². The Bertz CT molecular complexity index is 716. The van der Waals surface area contributed by atoms with E-state index in [1.54, 1.807) is 29.2 Å². The molecule has 3 rings (SSSR count). The summed E-state index contributed by atoms with van der Waals surface area (Å²) in [6.45, 7) is 1.63. The molecular formula is C19H22ClN3O2. The Hall–Kier alpha value is -2.24. The van der Waals surface area contributed by atoms with E-state index in [2.05, 4.69) is 34.5 Å². The first-order valence-electron chi connectivity index (χ1n) is 8.23. The fraction of sp³-hybridized carbons (Fsp3) is 0.316. The van der Waals surface area contributed by atoms with Crippen molar-refractivity contribution in [2.75, 3.05) is 44.0 Å². The minimum absolute atomic E-state index is 0.110. The monoisotopic (exact) mass is 359 g/mol. The summed E-state index contributed by atoms with van der Waals surface area (Å²) in [4.78, 5) is 16.3. The molecule has 1 unspecified atom stereocenters. The van der Waals surface area contributed by atoms with E-state index in [0.717, 1.165) is 16.9 Å². The number of amides is 2. The van der Waals surface area contributed by atoms with Crippen molar-refractivity contribution >= 4 is 29.0 Å². The Kier molecular flexibility index (Phi) is 5.46. The van der Waals surface area contributed by atoms with Crippen molar-refractivity contribution < 1.29 is 9.53 Å². The number of hydrogen-bond donors (Lipinski definition) is 1. The molecule has 1 fully saturated rings. The van der Waals surface area contributed by atoms with Crippen LogP contribution >= 0.6 is 11.6 Å². The summed E-state index contributed by atoms with van der Waals surface area (Å²) in [5.41, 5.74) is 2.94. The van der Waals surface area contributed by atoms with Gasteiger partial charge in [0, 0.05) is 37.0 Å². The van der Waals surface area contributed by atoms with Gasteiger partial charge in [-0.3, -0.25) is 0 Å². The summed E-state index contributed by atoms with van der Waals surface area (Å²) in [6.07, 6.45) is -0.110. The molecule has 0 saturated carbocycles. The molecule has 1 aliphatic heterocycles. The van der Waals surface area contributed by atoms with E-state index in [1.165, 1.54) is 0 Å². The van der Waals surface area contributed by atoms with Crippen molar-refractivity contribution in [1.29, 1.82) is 0 Å². The lowest BCUT2D eigenvalue weighted by molar-refractivity contribution is -0.0135. The summed E-state index contributed by atoms with van der Waals surface area (Å²) < 4.78 is 5.86. The van der Waals surface area contributed by atoms with Crippen LogP contribution in [-0.2, 0) is 4.74 Å². The number of halogens is 1. The molecule has 1 saturated heterocycles. The lowest BCUT2D eigenvalue weighted by Gasteiger charge is -2.33. The van der Waals surface area contributed by atoms with Crippen molar-refractivity contribution in [1.82, 2.24) is 4.90 Å². The molecule has 2 aromatic rings.